The fourth-order valence-electron chi connectivity index (χ4n) is 5.57. The summed E-state index contributed by atoms with van der Waals surface area (Å²) < 4.78 is 0. The molecule has 0 aliphatic heterocycles. The van der Waals surface area contributed by atoms with Crippen LogP contribution in [0.25, 0.3) is 0 Å². The molecule has 102 valence electrons. The number of alkyl halides is 1. The minimum Gasteiger partial charge on any atom is -0.481 e. The summed E-state index contributed by atoms with van der Waals surface area (Å²) in [5.74, 6) is 2.23. The largest absolute Gasteiger partial charge is 0.481 e. The lowest BCUT2D eigenvalue weighted by Gasteiger charge is -2.62. The average Bonchev–Trinajstić information content (AvgIpc) is 2.26. The fraction of sp³-hybridized carbons (Fsp3) is 0.933. The van der Waals surface area contributed by atoms with Crippen LogP contribution in [-0.4, -0.2) is 17.0 Å². The second kappa shape index (κ2) is 4.13. The molecule has 0 radical (unpaired) electrons. The molecular weight excluding hydrogens is 248 g/mol. The van der Waals surface area contributed by atoms with Crippen molar-refractivity contribution in [2.75, 3.05) is 5.88 Å². The molecule has 0 heterocycles. The smallest absolute Gasteiger partial charge is 0.309 e. The molecule has 0 amide bonds. The van der Waals surface area contributed by atoms with Crippen LogP contribution in [0.1, 0.15) is 51.9 Å². The molecule has 18 heavy (non-hydrogen) atoms. The van der Waals surface area contributed by atoms with E-state index >= 15 is 0 Å². The molecule has 0 spiro atoms. The van der Waals surface area contributed by atoms with E-state index in [1.165, 1.54) is 19.3 Å². The van der Waals surface area contributed by atoms with E-state index in [0.717, 1.165) is 37.0 Å². The summed E-state index contributed by atoms with van der Waals surface area (Å²) >= 11 is 5.91. The molecule has 4 aliphatic rings. The van der Waals surface area contributed by atoms with E-state index in [9.17, 15) is 9.90 Å². The molecule has 0 aromatic carbocycles. The zero-order chi connectivity index (χ0) is 13.0. The molecule has 1 atom stereocenters. The standard InChI is InChI=1S/C15H23ClO2/c1-14(2-3-16,13(17)18)15-7-10-4-11(8-15)6-12(5-10)9-15/h10-12H,2-9H2,1H3,(H,17,18). The first-order chi connectivity index (χ1) is 8.49. The van der Waals surface area contributed by atoms with Gasteiger partial charge in [0.2, 0.25) is 0 Å². The first-order valence-corrected chi connectivity index (χ1v) is 7.82. The molecule has 3 heteroatoms. The van der Waals surface area contributed by atoms with Gasteiger partial charge >= 0.3 is 5.97 Å². The number of carbonyl (C=O) groups is 1. The van der Waals surface area contributed by atoms with Crippen LogP contribution in [-0.2, 0) is 4.79 Å². The zero-order valence-electron chi connectivity index (χ0n) is 11.1. The van der Waals surface area contributed by atoms with E-state index in [-0.39, 0.29) is 5.41 Å². The van der Waals surface area contributed by atoms with Gasteiger partial charge in [0.15, 0.2) is 0 Å². The lowest BCUT2D eigenvalue weighted by molar-refractivity contribution is -0.176. The maximum absolute atomic E-state index is 11.9. The van der Waals surface area contributed by atoms with Crippen LogP contribution in [0.3, 0.4) is 0 Å². The van der Waals surface area contributed by atoms with Gasteiger partial charge < -0.3 is 5.11 Å². The minimum absolute atomic E-state index is 0.0441. The van der Waals surface area contributed by atoms with Gasteiger partial charge in [-0.3, -0.25) is 4.79 Å². The van der Waals surface area contributed by atoms with Gasteiger partial charge in [0, 0.05) is 5.88 Å². The number of aliphatic carboxylic acids is 1. The Morgan fingerprint density at radius 1 is 1.22 bits per heavy atom. The molecule has 1 N–H and O–H groups in total. The monoisotopic (exact) mass is 270 g/mol. The Kier molecular flexibility index (Phi) is 2.93. The molecule has 2 nitrogen and oxygen atoms in total. The van der Waals surface area contributed by atoms with E-state index < -0.39 is 11.4 Å². The van der Waals surface area contributed by atoms with E-state index in [1.807, 2.05) is 6.92 Å². The van der Waals surface area contributed by atoms with Crippen molar-refractivity contribution in [3.8, 4) is 0 Å². The molecular formula is C15H23ClO2. The predicted molar refractivity (Wildman–Crippen MR) is 71.7 cm³/mol. The van der Waals surface area contributed by atoms with E-state index in [0.29, 0.717) is 12.3 Å². The van der Waals surface area contributed by atoms with Crippen LogP contribution >= 0.6 is 11.6 Å². The second-order valence-corrected chi connectivity index (χ2v) is 7.65. The third-order valence-corrected chi connectivity index (χ3v) is 6.46. The maximum atomic E-state index is 11.9. The summed E-state index contributed by atoms with van der Waals surface area (Å²) in [6, 6.07) is 0. The first-order valence-electron chi connectivity index (χ1n) is 7.28. The van der Waals surface area contributed by atoms with Crippen LogP contribution in [0.2, 0.25) is 0 Å². The predicted octanol–water partition coefficient (Wildman–Crippen LogP) is 3.92. The average molecular weight is 271 g/mol. The molecule has 4 bridgehead atoms. The van der Waals surface area contributed by atoms with E-state index in [2.05, 4.69) is 0 Å². The third-order valence-electron chi connectivity index (χ3n) is 6.28. The highest BCUT2D eigenvalue weighted by Gasteiger charge is 2.61. The number of carboxylic acid groups (broad SMARTS) is 1. The van der Waals surface area contributed by atoms with Crippen molar-refractivity contribution >= 4 is 17.6 Å². The third kappa shape index (κ3) is 1.64. The highest BCUT2D eigenvalue weighted by Crippen LogP contribution is 2.66. The second-order valence-electron chi connectivity index (χ2n) is 7.27. The van der Waals surface area contributed by atoms with Crippen molar-refractivity contribution in [3.63, 3.8) is 0 Å². The van der Waals surface area contributed by atoms with Gasteiger partial charge in [0.25, 0.3) is 0 Å². The Balaban J connectivity index is 1.96. The summed E-state index contributed by atoms with van der Waals surface area (Å²) in [4.78, 5) is 11.9. The van der Waals surface area contributed by atoms with Crippen LogP contribution in [0, 0.1) is 28.6 Å². The Morgan fingerprint density at radius 3 is 2.00 bits per heavy atom. The van der Waals surface area contributed by atoms with Crippen molar-refractivity contribution in [1.29, 1.82) is 0 Å². The minimum atomic E-state index is -0.620. The molecule has 0 aromatic rings. The zero-order valence-corrected chi connectivity index (χ0v) is 11.9. The molecule has 0 aromatic heterocycles. The number of hydrogen-bond acceptors (Lipinski definition) is 1. The molecule has 4 rings (SSSR count). The van der Waals surface area contributed by atoms with E-state index in [4.69, 9.17) is 11.6 Å². The van der Waals surface area contributed by atoms with Crippen molar-refractivity contribution in [2.24, 2.45) is 28.6 Å². The molecule has 4 saturated carbocycles. The summed E-state index contributed by atoms with van der Waals surface area (Å²) in [6.45, 7) is 1.96. The number of rotatable bonds is 4. The van der Waals surface area contributed by atoms with Crippen molar-refractivity contribution in [1.82, 2.24) is 0 Å². The lowest BCUT2D eigenvalue weighted by Crippen LogP contribution is -2.56. The van der Waals surface area contributed by atoms with Crippen molar-refractivity contribution in [3.05, 3.63) is 0 Å². The van der Waals surface area contributed by atoms with Crippen LogP contribution in [0.15, 0.2) is 0 Å². The Bertz CT molecular complexity index is 330. The number of halogens is 1. The number of carboxylic acids is 1. The van der Waals surface area contributed by atoms with Gasteiger partial charge in [0.05, 0.1) is 5.41 Å². The Hall–Kier alpha value is -0.240. The number of hydrogen-bond donors (Lipinski definition) is 1. The summed E-state index contributed by atoms with van der Waals surface area (Å²) in [6.07, 6.45) is 8.10. The first kappa shape index (κ1) is 12.8. The van der Waals surface area contributed by atoms with Crippen molar-refractivity contribution in [2.45, 2.75) is 51.9 Å². The molecule has 4 fully saturated rings. The van der Waals surface area contributed by atoms with Crippen LogP contribution in [0.5, 0.6) is 0 Å². The fourth-order valence-corrected chi connectivity index (χ4v) is 5.95. The Morgan fingerprint density at radius 2 is 1.67 bits per heavy atom. The van der Waals surface area contributed by atoms with Gasteiger partial charge in [0.1, 0.15) is 0 Å². The van der Waals surface area contributed by atoms with Gasteiger partial charge in [-0.15, -0.1) is 11.6 Å². The summed E-state index contributed by atoms with van der Waals surface area (Å²) in [7, 11) is 0. The SMILES string of the molecule is CC(CCCl)(C(=O)O)C12CC3CC(CC(C3)C1)C2. The highest BCUT2D eigenvalue weighted by atomic mass is 35.5. The maximum Gasteiger partial charge on any atom is 0.309 e. The summed E-state index contributed by atoms with van der Waals surface area (Å²) in [5.41, 5.74) is -0.562. The van der Waals surface area contributed by atoms with Gasteiger partial charge in [-0.25, -0.2) is 0 Å². The molecule has 4 aliphatic carbocycles. The normalized spacial score (nSPS) is 44.9. The van der Waals surface area contributed by atoms with Crippen LogP contribution in [0.4, 0.5) is 0 Å². The highest BCUT2D eigenvalue weighted by molar-refractivity contribution is 6.18. The topological polar surface area (TPSA) is 37.3 Å². The summed E-state index contributed by atoms with van der Waals surface area (Å²) in [5, 5.41) is 9.76. The quantitative estimate of drug-likeness (QED) is 0.786. The molecule has 1 unspecified atom stereocenters. The van der Waals surface area contributed by atoms with Gasteiger partial charge in [-0.1, -0.05) is 0 Å². The van der Waals surface area contributed by atoms with Gasteiger partial charge in [-0.05, 0) is 75.0 Å². The van der Waals surface area contributed by atoms with Crippen molar-refractivity contribution < 1.29 is 9.90 Å². The molecule has 0 saturated heterocycles. The van der Waals surface area contributed by atoms with Gasteiger partial charge in [-0.2, -0.15) is 0 Å². The van der Waals surface area contributed by atoms with E-state index in [1.54, 1.807) is 0 Å². The van der Waals surface area contributed by atoms with Crippen LogP contribution < -0.4 is 0 Å². The Labute approximate surface area is 114 Å². The lowest BCUT2D eigenvalue weighted by atomic mass is 9.42.